The van der Waals surface area contributed by atoms with Gasteiger partial charge < -0.3 is 10.6 Å². The predicted molar refractivity (Wildman–Crippen MR) is 110 cm³/mol. The van der Waals surface area contributed by atoms with Gasteiger partial charge in [0.15, 0.2) is 5.96 Å². The molecule has 0 aliphatic carbocycles. The fourth-order valence-corrected chi connectivity index (χ4v) is 3.52. The largest absolute Gasteiger partial charge is 0.357 e. The van der Waals surface area contributed by atoms with Crippen LogP contribution >= 0.6 is 11.3 Å². The summed E-state index contributed by atoms with van der Waals surface area (Å²) in [4.78, 5) is 20.6. The van der Waals surface area contributed by atoms with Crippen molar-refractivity contribution in [3.63, 3.8) is 0 Å². The first kappa shape index (κ1) is 20.8. The standard InChI is InChI=1S/C19H27N5O2S/c1-4-20-19(22-13-18-14(2)23-15(3)27-18)21-12-6-5-7-16-8-10-17(11-9-16)24(25)26/h8-11H,4-7,12-13H2,1-3H3,(H2,20,21,22). The molecule has 0 spiro atoms. The Morgan fingerprint density at radius 3 is 2.56 bits per heavy atom. The molecule has 1 heterocycles. The molecule has 1 aromatic carbocycles. The van der Waals surface area contributed by atoms with Crippen molar-refractivity contribution in [2.45, 2.75) is 46.6 Å². The number of guanidine groups is 1. The summed E-state index contributed by atoms with van der Waals surface area (Å²) in [6, 6.07) is 6.78. The zero-order valence-corrected chi connectivity index (χ0v) is 16.9. The molecule has 0 atom stereocenters. The molecular formula is C19H27N5O2S. The molecule has 1 aromatic heterocycles. The van der Waals surface area contributed by atoms with Crippen LogP contribution in [-0.2, 0) is 13.0 Å². The highest BCUT2D eigenvalue weighted by Gasteiger charge is 2.05. The predicted octanol–water partition coefficient (Wildman–Crippen LogP) is 3.75. The molecule has 7 nitrogen and oxygen atoms in total. The molecule has 2 N–H and O–H groups in total. The molecular weight excluding hydrogens is 362 g/mol. The van der Waals surface area contributed by atoms with E-state index in [9.17, 15) is 10.1 Å². The number of nitro groups is 1. The van der Waals surface area contributed by atoms with Crippen LogP contribution in [0.1, 0.15) is 40.9 Å². The summed E-state index contributed by atoms with van der Waals surface area (Å²) in [7, 11) is 0. The molecule has 0 radical (unpaired) electrons. The molecule has 2 rings (SSSR count). The van der Waals surface area contributed by atoms with Gasteiger partial charge in [0.2, 0.25) is 0 Å². The lowest BCUT2D eigenvalue weighted by Crippen LogP contribution is -2.37. The van der Waals surface area contributed by atoms with Crippen molar-refractivity contribution in [1.82, 2.24) is 15.6 Å². The van der Waals surface area contributed by atoms with Crippen molar-refractivity contribution >= 4 is 23.0 Å². The number of hydrogen-bond donors (Lipinski definition) is 2. The Kier molecular flexibility index (Phi) is 8.19. The van der Waals surface area contributed by atoms with Crippen molar-refractivity contribution in [2.75, 3.05) is 13.1 Å². The summed E-state index contributed by atoms with van der Waals surface area (Å²) < 4.78 is 0. The first-order valence-electron chi connectivity index (χ1n) is 9.18. The van der Waals surface area contributed by atoms with Crippen LogP contribution in [0.3, 0.4) is 0 Å². The topological polar surface area (TPSA) is 92.5 Å². The lowest BCUT2D eigenvalue weighted by Gasteiger charge is -2.11. The number of hydrogen-bond acceptors (Lipinski definition) is 5. The second kappa shape index (κ2) is 10.6. The number of aryl methyl sites for hydroxylation is 3. The lowest BCUT2D eigenvalue weighted by molar-refractivity contribution is -0.384. The van der Waals surface area contributed by atoms with Crippen molar-refractivity contribution in [3.05, 3.63) is 55.5 Å². The third-order valence-electron chi connectivity index (χ3n) is 4.06. The highest BCUT2D eigenvalue weighted by Crippen LogP contribution is 2.17. The number of nitrogens with one attached hydrogen (secondary N) is 2. The third-order valence-corrected chi connectivity index (χ3v) is 5.11. The zero-order chi connectivity index (χ0) is 19.6. The van der Waals surface area contributed by atoms with E-state index in [0.717, 1.165) is 54.6 Å². The van der Waals surface area contributed by atoms with E-state index in [-0.39, 0.29) is 10.6 Å². The Balaban J connectivity index is 1.74. The quantitative estimate of drug-likeness (QED) is 0.224. The number of aliphatic imine (C=N–C) groups is 1. The Bertz CT molecular complexity index is 771. The van der Waals surface area contributed by atoms with Crippen LogP contribution in [0.5, 0.6) is 0 Å². The summed E-state index contributed by atoms with van der Waals surface area (Å²) in [6.07, 6.45) is 2.92. The Labute approximate surface area is 164 Å². The normalized spacial score (nSPS) is 11.4. The maximum Gasteiger partial charge on any atom is 0.269 e. The van der Waals surface area contributed by atoms with Crippen molar-refractivity contribution in [1.29, 1.82) is 0 Å². The molecule has 146 valence electrons. The van der Waals surface area contributed by atoms with Crippen molar-refractivity contribution in [2.24, 2.45) is 4.99 Å². The van der Waals surface area contributed by atoms with Crippen LogP contribution in [0.15, 0.2) is 29.3 Å². The molecule has 0 unspecified atom stereocenters. The van der Waals surface area contributed by atoms with E-state index in [1.54, 1.807) is 23.5 Å². The number of nitrogens with zero attached hydrogens (tertiary/aromatic N) is 3. The van der Waals surface area contributed by atoms with Crippen LogP contribution in [0.2, 0.25) is 0 Å². The maximum atomic E-state index is 10.7. The Morgan fingerprint density at radius 2 is 1.96 bits per heavy atom. The van der Waals surface area contributed by atoms with Crippen LogP contribution in [-0.4, -0.2) is 29.0 Å². The van der Waals surface area contributed by atoms with Crippen molar-refractivity contribution < 1.29 is 4.92 Å². The summed E-state index contributed by atoms with van der Waals surface area (Å²) >= 11 is 1.69. The fraction of sp³-hybridized carbons (Fsp3) is 0.474. The van der Waals surface area contributed by atoms with E-state index in [4.69, 9.17) is 0 Å². The zero-order valence-electron chi connectivity index (χ0n) is 16.1. The van der Waals surface area contributed by atoms with E-state index < -0.39 is 0 Å². The number of non-ortho nitro benzene ring substituents is 1. The van der Waals surface area contributed by atoms with Gasteiger partial charge >= 0.3 is 0 Å². The molecule has 0 aliphatic rings. The van der Waals surface area contributed by atoms with Gasteiger partial charge in [0.05, 0.1) is 22.2 Å². The number of benzene rings is 1. The minimum Gasteiger partial charge on any atom is -0.357 e. The van der Waals surface area contributed by atoms with Gasteiger partial charge in [0, 0.05) is 30.1 Å². The van der Waals surface area contributed by atoms with E-state index in [2.05, 4.69) is 20.6 Å². The molecule has 0 bridgehead atoms. The molecule has 27 heavy (non-hydrogen) atoms. The van der Waals surface area contributed by atoms with Gasteiger partial charge in [-0.25, -0.2) is 9.98 Å². The number of rotatable bonds is 9. The summed E-state index contributed by atoms with van der Waals surface area (Å²) in [5.41, 5.74) is 2.32. The summed E-state index contributed by atoms with van der Waals surface area (Å²) in [5, 5.41) is 18.4. The van der Waals surface area contributed by atoms with Gasteiger partial charge in [0.25, 0.3) is 5.69 Å². The SMILES string of the molecule is CCNC(=NCc1sc(C)nc1C)NCCCCc1ccc([N+](=O)[O-])cc1. The molecule has 0 aliphatic heterocycles. The average Bonchev–Trinajstić information content (AvgIpc) is 2.97. The minimum absolute atomic E-state index is 0.137. The van der Waals surface area contributed by atoms with Gasteiger partial charge in [-0.3, -0.25) is 10.1 Å². The Morgan fingerprint density at radius 1 is 1.22 bits per heavy atom. The van der Waals surface area contributed by atoms with Gasteiger partial charge in [-0.1, -0.05) is 12.1 Å². The van der Waals surface area contributed by atoms with E-state index in [1.807, 2.05) is 32.9 Å². The molecule has 8 heteroatoms. The van der Waals surface area contributed by atoms with Crippen LogP contribution in [0.25, 0.3) is 0 Å². The molecule has 0 fully saturated rings. The fourth-order valence-electron chi connectivity index (χ4n) is 2.66. The second-order valence-electron chi connectivity index (χ2n) is 6.24. The van der Waals surface area contributed by atoms with Crippen LogP contribution in [0.4, 0.5) is 5.69 Å². The minimum atomic E-state index is -0.371. The van der Waals surface area contributed by atoms with Gasteiger partial charge in [-0.05, 0) is 45.6 Å². The van der Waals surface area contributed by atoms with Gasteiger partial charge in [-0.2, -0.15) is 0 Å². The average molecular weight is 390 g/mol. The summed E-state index contributed by atoms with van der Waals surface area (Å²) in [6.45, 7) is 8.37. The van der Waals surface area contributed by atoms with E-state index in [1.165, 1.54) is 4.88 Å². The van der Waals surface area contributed by atoms with Gasteiger partial charge in [0.1, 0.15) is 0 Å². The van der Waals surface area contributed by atoms with Crippen LogP contribution < -0.4 is 10.6 Å². The number of aromatic nitrogens is 1. The Hall–Kier alpha value is -2.48. The molecule has 2 aromatic rings. The van der Waals surface area contributed by atoms with Crippen LogP contribution in [0, 0.1) is 24.0 Å². The highest BCUT2D eigenvalue weighted by molar-refractivity contribution is 7.11. The highest BCUT2D eigenvalue weighted by atomic mass is 32.1. The monoisotopic (exact) mass is 389 g/mol. The summed E-state index contributed by atoms with van der Waals surface area (Å²) in [5.74, 6) is 0.818. The van der Waals surface area contributed by atoms with Gasteiger partial charge in [-0.15, -0.1) is 11.3 Å². The number of thiazole rings is 1. The van der Waals surface area contributed by atoms with E-state index in [0.29, 0.717) is 6.54 Å². The second-order valence-corrected chi connectivity index (χ2v) is 7.53. The molecule has 0 amide bonds. The molecule has 0 saturated heterocycles. The third kappa shape index (κ3) is 6.97. The number of nitro benzene ring substituents is 1. The molecule has 0 saturated carbocycles. The maximum absolute atomic E-state index is 10.7. The number of unbranched alkanes of at least 4 members (excludes halogenated alkanes) is 1. The lowest BCUT2D eigenvalue weighted by atomic mass is 10.1. The first-order chi connectivity index (χ1) is 13.0. The van der Waals surface area contributed by atoms with E-state index >= 15 is 0 Å². The first-order valence-corrected chi connectivity index (χ1v) is 9.99. The van der Waals surface area contributed by atoms with Crippen molar-refractivity contribution in [3.8, 4) is 0 Å². The smallest absolute Gasteiger partial charge is 0.269 e.